The summed E-state index contributed by atoms with van der Waals surface area (Å²) in [6.07, 6.45) is 7.48. The van der Waals surface area contributed by atoms with Gasteiger partial charge in [-0.3, -0.25) is 5.10 Å². The van der Waals surface area contributed by atoms with Crippen molar-refractivity contribution in [3.63, 3.8) is 0 Å². The molecule has 0 saturated carbocycles. The number of H-pyrrole nitrogens is 2. The van der Waals surface area contributed by atoms with E-state index in [0.717, 1.165) is 76.2 Å². The van der Waals surface area contributed by atoms with E-state index in [9.17, 15) is 0 Å². The van der Waals surface area contributed by atoms with E-state index in [4.69, 9.17) is 9.40 Å². The van der Waals surface area contributed by atoms with Crippen LogP contribution >= 0.6 is 0 Å². The van der Waals surface area contributed by atoms with E-state index in [1.807, 2.05) is 12.1 Å². The van der Waals surface area contributed by atoms with Gasteiger partial charge in [0.1, 0.15) is 16.9 Å². The normalized spacial score (nSPS) is 15.4. The van der Waals surface area contributed by atoms with Gasteiger partial charge in [-0.05, 0) is 61.8 Å². The number of nitrogens with zero attached hydrogens (tertiary/aromatic N) is 3. The van der Waals surface area contributed by atoms with Crippen molar-refractivity contribution in [2.75, 3.05) is 13.1 Å². The summed E-state index contributed by atoms with van der Waals surface area (Å²) in [5.74, 6) is 0.500. The van der Waals surface area contributed by atoms with Crippen LogP contribution in [0.3, 0.4) is 0 Å². The predicted octanol–water partition coefficient (Wildman–Crippen LogP) is 4.23. The first-order valence-electron chi connectivity index (χ1n) is 9.93. The largest absolute Gasteiger partial charge is 0.472 e. The molecule has 0 amide bonds. The Labute approximate surface area is 166 Å². The molecule has 7 heteroatoms. The van der Waals surface area contributed by atoms with Crippen LogP contribution in [0.25, 0.3) is 44.6 Å². The van der Waals surface area contributed by atoms with Crippen molar-refractivity contribution in [3.05, 3.63) is 54.7 Å². The van der Waals surface area contributed by atoms with Gasteiger partial charge in [0, 0.05) is 28.8 Å². The number of fused-ring (bicyclic) bond motifs is 2. The molecule has 0 aromatic carbocycles. The number of hydrogen-bond donors (Lipinski definition) is 3. The summed E-state index contributed by atoms with van der Waals surface area (Å²) in [6.45, 7) is 2.10. The molecule has 0 atom stereocenters. The van der Waals surface area contributed by atoms with E-state index in [1.54, 1.807) is 18.7 Å². The second-order valence-electron chi connectivity index (χ2n) is 7.54. The molecule has 3 N–H and O–H groups in total. The molecule has 0 bridgehead atoms. The zero-order valence-electron chi connectivity index (χ0n) is 15.8. The molecule has 1 aliphatic rings. The Morgan fingerprint density at radius 2 is 2.00 bits per heavy atom. The number of rotatable bonds is 3. The lowest BCUT2D eigenvalue weighted by Gasteiger charge is -2.22. The van der Waals surface area contributed by atoms with Crippen molar-refractivity contribution in [2.24, 2.45) is 0 Å². The summed E-state index contributed by atoms with van der Waals surface area (Å²) in [7, 11) is 0. The molecule has 0 spiro atoms. The summed E-state index contributed by atoms with van der Waals surface area (Å²) in [5, 5.41) is 12.1. The number of pyridine rings is 2. The molecular weight excluding hydrogens is 364 g/mol. The van der Waals surface area contributed by atoms with E-state index in [0.29, 0.717) is 5.92 Å². The molecular formula is C22H20N6O. The lowest BCUT2D eigenvalue weighted by Crippen LogP contribution is -2.27. The highest BCUT2D eigenvalue weighted by Crippen LogP contribution is 2.33. The van der Waals surface area contributed by atoms with Gasteiger partial charge in [-0.25, -0.2) is 9.97 Å². The first-order valence-corrected chi connectivity index (χ1v) is 9.93. The maximum absolute atomic E-state index is 5.26. The van der Waals surface area contributed by atoms with Gasteiger partial charge in [0.25, 0.3) is 0 Å². The van der Waals surface area contributed by atoms with Crippen LogP contribution in [-0.2, 0) is 0 Å². The molecule has 6 rings (SSSR count). The molecule has 1 fully saturated rings. The van der Waals surface area contributed by atoms with E-state index < -0.39 is 0 Å². The fourth-order valence-corrected chi connectivity index (χ4v) is 4.27. The van der Waals surface area contributed by atoms with Gasteiger partial charge in [-0.2, -0.15) is 5.10 Å². The zero-order valence-corrected chi connectivity index (χ0v) is 15.8. The number of furan rings is 1. The maximum atomic E-state index is 5.26. The molecule has 5 aromatic heterocycles. The summed E-state index contributed by atoms with van der Waals surface area (Å²) in [5.41, 5.74) is 7.66. The fraction of sp³-hybridized carbons (Fsp3) is 0.227. The van der Waals surface area contributed by atoms with Crippen molar-refractivity contribution in [2.45, 2.75) is 18.8 Å². The van der Waals surface area contributed by atoms with Gasteiger partial charge >= 0.3 is 0 Å². The summed E-state index contributed by atoms with van der Waals surface area (Å²) in [6, 6.07) is 10.3. The monoisotopic (exact) mass is 384 g/mol. The lowest BCUT2D eigenvalue weighted by atomic mass is 9.94. The van der Waals surface area contributed by atoms with Crippen LogP contribution in [0.4, 0.5) is 0 Å². The Hall–Kier alpha value is -3.45. The number of aromatic nitrogens is 5. The average molecular weight is 384 g/mol. The highest BCUT2D eigenvalue weighted by molar-refractivity contribution is 5.98. The van der Waals surface area contributed by atoms with Gasteiger partial charge in [-0.15, -0.1) is 0 Å². The molecule has 1 saturated heterocycles. The third kappa shape index (κ3) is 2.74. The molecule has 7 nitrogen and oxygen atoms in total. The average Bonchev–Trinajstić information content (AvgIpc) is 3.52. The predicted molar refractivity (Wildman–Crippen MR) is 112 cm³/mol. The number of nitrogens with one attached hydrogen (secondary N) is 3. The molecule has 1 aliphatic heterocycles. The topological polar surface area (TPSA) is 95.4 Å². The molecule has 0 radical (unpaired) electrons. The van der Waals surface area contributed by atoms with E-state index in [-0.39, 0.29) is 0 Å². The molecule has 0 aliphatic carbocycles. The van der Waals surface area contributed by atoms with Crippen LogP contribution < -0.4 is 5.32 Å². The first-order chi connectivity index (χ1) is 14.4. The highest BCUT2D eigenvalue weighted by atomic mass is 16.3. The summed E-state index contributed by atoms with van der Waals surface area (Å²) in [4.78, 5) is 12.9. The van der Waals surface area contributed by atoms with E-state index in [1.165, 1.54) is 0 Å². The quantitative estimate of drug-likeness (QED) is 0.433. The van der Waals surface area contributed by atoms with E-state index in [2.05, 4.69) is 43.7 Å². The first kappa shape index (κ1) is 16.5. The van der Waals surface area contributed by atoms with Crippen LogP contribution in [0.15, 0.2) is 53.5 Å². The van der Waals surface area contributed by atoms with Crippen LogP contribution in [0, 0.1) is 0 Å². The third-order valence-corrected chi connectivity index (χ3v) is 5.81. The minimum Gasteiger partial charge on any atom is -0.472 e. The Kier molecular flexibility index (Phi) is 3.73. The standard InChI is InChI=1S/C22H20N6O/c1-2-18-20(25-17(1)13-3-7-23-8-4-13)21(28-27-18)19-11-16-15(14-6-10-29-12-14)5-9-24-22(16)26-19/h1-2,5-6,9-13,23H,3-4,7-8H2,(H,24,26)(H,27,28). The van der Waals surface area contributed by atoms with Crippen molar-refractivity contribution in [1.29, 1.82) is 0 Å². The second kappa shape index (κ2) is 6.56. The summed E-state index contributed by atoms with van der Waals surface area (Å²) >= 11 is 0. The Morgan fingerprint density at radius 3 is 2.86 bits per heavy atom. The second-order valence-corrected chi connectivity index (χ2v) is 7.54. The van der Waals surface area contributed by atoms with Gasteiger partial charge in [0.15, 0.2) is 0 Å². The van der Waals surface area contributed by atoms with Gasteiger partial charge < -0.3 is 14.7 Å². The SMILES string of the molecule is c1cc(-c2ccoc2)c2cc(-c3n[nH]c4ccc(C5CCNCC5)nc34)[nH]c2n1. The van der Waals surface area contributed by atoms with Crippen molar-refractivity contribution in [3.8, 4) is 22.5 Å². The van der Waals surface area contributed by atoms with Gasteiger partial charge in [0.05, 0.1) is 23.7 Å². The Morgan fingerprint density at radius 1 is 1.07 bits per heavy atom. The fourth-order valence-electron chi connectivity index (χ4n) is 4.27. The van der Waals surface area contributed by atoms with Gasteiger partial charge in [-0.1, -0.05) is 0 Å². The Balaban J connectivity index is 1.48. The van der Waals surface area contributed by atoms with Crippen LogP contribution in [-0.4, -0.2) is 38.2 Å². The molecule has 29 heavy (non-hydrogen) atoms. The number of hydrogen-bond acceptors (Lipinski definition) is 5. The smallest absolute Gasteiger partial charge is 0.138 e. The maximum Gasteiger partial charge on any atom is 0.138 e. The summed E-state index contributed by atoms with van der Waals surface area (Å²) < 4.78 is 5.26. The lowest BCUT2D eigenvalue weighted by molar-refractivity contribution is 0.454. The highest BCUT2D eigenvalue weighted by Gasteiger charge is 2.20. The number of piperidine rings is 1. The minimum absolute atomic E-state index is 0.500. The van der Waals surface area contributed by atoms with Crippen LogP contribution in [0.2, 0.25) is 0 Å². The molecule has 144 valence electrons. The van der Waals surface area contributed by atoms with Crippen molar-refractivity contribution < 1.29 is 4.42 Å². The number of aromatic amines is 2. The van der Waals surface area contributed by atoms with E-state index >= 15 is 0 Å². The Bertz CT molecular complexity index is 1290. The minimum atomic E-state index is 0.500. The van der Waals surface area contributed by atoms with Crippen LogP contribution in [0.5, 0.6) is 0 Å². The molecule has 0 unspecified atom stereocenters. The van der Waals surface area contributed by atoms with Crippen molar-refractivity contribution in [1.82, 2.24) is 30.5 Å². The zero-order chi connectivity index (χ0) is 19.2. The van der Waals surface area contributed by atoms with Crippen LogP contribution in [0.1, 0.15) is 24.5 Å². The third-order valence-electron chi connectivity index (χ3n) is 5.81. The van der Waals surface area contributed by atoms with Crippen molar-refractivity contribution >= 4 is 22.1 Å². The van der Waals surface area contributed by atoms with Gasteiger partial charge in [0.2, 0.25) is 0 Å². The molecule has 5 aromatic rings. The molecule has 6 heterocycles.